The highest BCUT2D eigenvalue weighted by atomic mass is 32.2. The second-order valence-electron chi connectivity index (χ2n) is 6.90. The number of thioether (sulfide) groups is 1. The smallest absolute Gasteiger partial charge is 0.335 e. The Hall–Kier alpha value is -2.78. The predicted octanol–water partition coefficient (Wildman–Crippen LogP) is 3.58. The highest BCUT2D eigenvalue weighted by Crippen LogP contribution is 2.47. The zero-order chi connectivity index (χ0) is 19.0. The molecule has 0 aliphatic carbocycles. The fourth-order valence-electron chi connectivity index (χ4n) is 3.63. The topological polar surface area (TPSA) is 70.4 Å². The lowest BCUT2D eigenvalue weighted by Crippen LogP contribution is -2.47. The van der Waals surface area contributed by atoms with Crippen LogP contribution in [0.4, 0.5) is 0 Å². The van der Waals surface area contributed by atoms with Gasteiger partial charge in [0, 0.05) is 12.2 Å². The first-order valence-corrected chi connectivity index (χ1v) is 9.77. The molecule has 0 bridgehead atoms. The van der Waals surface area contributed by atoms with Gasteiger partial charge in [-0.25, -0.2) is 4.79 Å². The van der Waals surface area contributed by atoms with Gasteiger partial charge < -0.3 is 9.64 Å². The number of rotatable bonds is 3. The van der Waals surface area contributed by atoms with E-state index in [0.29, 0.717) is 23.5 Å². The average Bonchev–Trinajstić information content (AvgIpc) is 3.18. The molecular weight excluding hydrogens is 360 g/mol. The Bertz CT molecular complexity index is 933. The van der Waals surface area contributed by atoms with Crippen LogP contribution in [0.25, 0.3) is 11.1 Å². The predicted molar refractivity (Wildman–Crippen MR) is 103 cm³/mol. The molecular formula is C21H18N2O3S. The molecule has 136 valence electrons. The van der Waals surface area contributed by atoms with Crippen LogP contribution >= 0.6 is 11.8 Å². The standard InChI is InChI=1S/C21H18N2O3S/c1-21-11-10-19(24)23(21)18(13-27-21)20(25)26-17-8-6-16(7-9-17)15-4-2-14(12-22)3-5-15/h2-9,18H,10-11,13H2,1H3. The van der Waals surface area contributed by atoms with Crippen molar-refractivity contribution in [3.63, 3.8) is 0 Å². The third kappa shape index (κ3) is 3.19. The maximum Gasteiger partial charge on any atom is 0.335 e. The lowest BCUT2D eigenvalue weighted by Gasteiger charge is -2.29. The van der Waals surface area contributed by atoms with E-state index >= 15 is 0 Å². The van der Waals surface area contributed by atoms with Crippen LogP contribution in [0.3, 0.4) is 0 Å². The van der Waals surface area contributed by atoms with Crippen LogP contribution in [-0.4, -0.2) is 33.4 Å². The summed E-state index contributed by atoms with van der Waals surface area (Å²) >= 11 is 1.65. The highest BCUT2D eigenvalue weighted by molar-refractivity contribution is 8.01. The number of benzene rings is 2. The van der Waals surface area contributed by atoms with Crippen molar-refractivity contribution < 1.29 is 14.3 Å². The van der Waals surface area contributed by atoms with Crippen molar-refractivity contribution in [1.82, 2.24) is 4.90 Å². The fraction of sp³-hybridized carbons (Fsp3) is 0.286. The van der Waals surface area contributed by atoms with E-state index in [1.165, 1.54) is 0 Å². The molecule has 2 unspecified atom stereocenters. The Morgan fingerprint density at radius 2 is 1.81 bits per heavy atom. The molecule has 2 atom stereocenters. The summed E-state index contributed by atoms with van der Waals surface area (Å²) < 4.78 is 5.54. The summed E-state index contributed by atoms with van der Waals surface area (Å²) in [7, 11) is 0. The van der Waals surface area contributed by atoms with Crippen molar-refractivity contribution >= 4 is 23.6 Å². The Morgan fingerprint density at radius 3 is 2.44 bits per heavy atom. The highest BCUT2D eigenvalue weighted by Gasteiger charge is 2.53. The second-order valence-corrected chi connectivity index (χ2v) is 8.40. The van der Waals surface area contributed by atoms with E-state index in [0.717, 1.165) is 17.5 Å². The number of hydrogen-bond donors (Lipinski definition) is 0. The van der Waals surface area contributed by atoms with Gasteiger partial charge >= 0.3 is 5.97 Å². The van der Waals surface area contributed by atoms with Gasteiger partial charge in [-0.1, -0.05) is 24.3 Å². The van der Waals surface area contributed by atoms with Crippen molar-refractivity contribution in [1.29, 1.82) is 5.26 Å². The minimum absolute atomic E-state index is 0.0283. The molecule has 2 aliphatic heterocycles. The molecule has 2 aromatic carbocycles. The third-order valence-electron chi connectivity index (χ3n) is 5.14. The Labute approximate surface area is 161 Å². The maximum atomic E-state index is 12.6. The largest absolute Gasteiger partial charge is 0.425 e. The number of nitrogens with zero attached hydrogens (tertiary/aromatic N) is 2. The number of carbonyl (C=O) groups is 2. The Kier molecular flexibility index (Phi) is 4.40. The molecule has 0 radical (unpaired) electrons. The molecule has 1 amide bonds. The molecule has 4 rings (SSSR count). The third-order valence-corrected chi connectivity index (χ3v) is 6.64. The van der Waals surface area contributed by atoms with Crippen LogP contribution < -0.4 is 4.74 Å². The summed E-state index contributed by atoms with van der Waals surface area (Å²) in [5.74, 6) is 0.681. The SMILES string of the molecule is CC12CCC(=O)N1C(C(=O)Oc1ccc(-c3ccc(C#N)cc3)cc1)CS2. The van der Waals surface area contributed by atoms with Crippen LogP contribution in [0.5, 0.6) is 5.75 Å². The summed E-state index contributed by atoms with van der Waals surface area (Å²) in [6.07, 6.45) is 1.27. The molecule has 2 aliphatic rings. The number of ether oxygens (including phenoxy) is 1. The van der Waals surface area contributed by atoms with E-state index in [9.17, 15) is 9.59 Å². The van der Waals surface area contributed by atoms with Crippen LogP contribution in [-0.2, 0) is 9.59 Å². The number of amides is 1. The molecule has 27 heavy (non-hydrogen) atoms. The molecule has 0 N–H and O–H groups in total. The lowest BCUT2D eigenvalue weighted by atomic mass is 10.0. The van der Waals surface area contributed by atoms with Crippen molar-refractivity contribution in [3.05, 3.63) is 54.1 Å². The number of nitriles is 1. The normalized spacial score (nSPS) is 23.8. The summed E-state index contributed by atoms with van der Waals surface area (Å²) in [6.45, 7) is 2.02. The van der Waals surface area contributed by atoms with Gasteiger partial charge in [0.05, 0.1) is 16.5 Å². The van der Waals surface area contributed by atoms with Gasteiger partial charge in [0.25, 0.3) is 0 Å². The molecule has 2 saturated heterocycles. The van der Waals surface area contributed by atoms with Crippen molar-refractivity contribution in [2.75, 3.05) is 5.75 Å². The van der Waals surface area contributed by atoms with E-state index in [2.05, 4.69) is 6.07 Å². The van der Waals surface area contributed by atoms with Crippen LogP contribution in [0.15, 0.2) is 48.5 Å². The molecule has 6 heteroatoms. The maximum absolute atomic E-state index is 12.6. The minimum atomic E-state index is -0.520. The van der Waals surface area contributed by atoms with Gasteiger partial charge in [0.2, 0.25) is 5.91 Å². The molecule has 0 spiro atoms. The number of esters is 1. The monoisotopic (exact) mass is 378 g/mol. The summed E-state index contributed by atoms with van der Waals surface area (Å²) in [5, 5.41) is 8.87. The molecule has 2 fully saturated rings. The fourth-order valence-corrected chi connectivity index (χ4v) is 5.05. The average molecular weight is 378 g/mol. The van der Waals surface area contributed by atoms with Crippen molar-refractivity contribution in [2.24, 2.45) is 0 Å². The first-order chi connectivity index (χ1) is 13.0. The molecule has 0 aromatic heterocycles. The Morgan fingerprint density at radius 1 is 1.19 bits per heavy atom. The molecule has 2 heterocycles. The molecule has 2 aromatic rings. The quantitative estimate of drug-likeness (QED) is 0.603. The lowest BCUT2D eigenvalue weighted by molar-refractivity contribution is -0.146. The zero-order valence-corrected chi connectivity index (χ0v) is 15.7. The molecule has 0 saturated carbocycles. The number of carbonyl (C=O) groups excluding carboxylic acids is 2. The summed E-state index contributed by atoms with van der Waals surface area (Å²) in [6, 6.07) is 16.1. The minimum Gasteiger partial charge on any atom is -0.425 e. The van der Waals surface area contributed by atoms with Crippen LogP contribution in [0.2, 0.25) is 0 Å². The molecule has 5 nitrogen and oxygen atoms in total. The van der Waals surface area contributed by atoms with Gasteiger partial charge in [-0.3, -0.25) is 4.79 Å². The second kappa shape index (κ2) is 6.75. The van der Waals surface area contributed by atoms with Gasteiger partial charge in [0.15, 0.2) is 0 Å². The van der Waals surface area contributed by atoms with Gasteiger partial charge in [0.1, 0.15) is 11.8 Å². The summed E-state index contributed by atoms with van der Waals surface area (Å²) in [5.41, 5.74) is 2.57. The number of hydrogen-bond acceptors (Lipinski definition) is 5. The van der Waals surface area contributed by atoms with Gasteiger partial charge in [-0.15, -0.1) is 11.8 Å². The van der Waals surface area contributed by atoms with Crippen molar-refractivity contribution in [3.8, 4) is 22.9 Å². The van der Waals surface area contributed by atoms with Crippen molar-refractivity contribution in [2.45, 2.75) is 30.7 Å². The van der Waals surface area contributed by atoms with Gasteiger partial charge in [-0.2, -0.15) is 5.26 Å². The number of fused-ring (bicyclic) bond motifs is 1. The van der Waals surface area contributed by atoms with E-state index in [4.69, 9.17) is 10.00 Å². The van der Waals surface area contributed by atoms with E-state index < -0.39 is 6.04 Å². The van der Waals surface area contributed by atoms with E-state index in [-0.39, 0.29) is 16.7 Å². The van der Waals surface area contributed by atoms with E-state index in [1.54, 1.807) is 40.9 Å². The van der Waals surface area contributed by atoms with E-state index in [1.807, 2.05) is 31.2 Å². The summed E-state index contributed by atoms with van der Waals surface area (Å²) in [4.78, 5) is 26.2. The van der Waals surface area contributed by atoms with Gasteiger partial charge in [-0.05, 0) is 48.7 Å². The van der Waals surface area contributed by atoms with Crippen LogP contribution in [0, 0.1) is 11.3 Å². The first-order valence-electron chi connectivity index (χ1n) is 8.79. The van der Waals surface area contributed by atoms with Crippen LogP contribution in [0.1, 0.15) is 25.3 Å². The first kappa shape index (κ1) is 17.6. The zero-order valence-electron chi connectivity index (χ0n) is 14.8. The Balaban J connectivity index is 1.46.